The van der Waals surface area contributed by atoms with Gasteiger partial charge >= 0.3 is 5.69 Å². The molecular weight excluding hydrogens is 199 g/mol. The Labute approximate surface area is 79.3 Å². The van der Waals surface area contributed by atoms with Crippen LogP contribution in [0.3, 0.4) is 0 Å². The molecule has 0 aromatic carbocycles. The van der Waals surface area contributed by atoms with Gasteiger partial charge in [-0.3, -0.25) is 4.57 Å². The first-order valence-electron chi connectivity index (χ1n) is 3.20. The van der Waals surface area contributed by atoms with E-state index in [1.54, 1.807) is 12.3 Å². The number of nitrogens with zero attached hydrogens (tertiary/aromatic N) is 2. The summed E-state index contributed by atoms with van der Waals surface area (Å²) in [5, 5.41) is 0.395. The zero-order valence-corrected chi connectivity index (χ0v) is 7.59. The molecule has 0 bridgehead atoms. The van der Waals surface area contributed by atoms with Crippen molar-refractivity contribution in [3.05, 3.63) is 39.5 Å². The summed E-state index contributed by atoms with van der Waals surface area (Å²) in [4.78, 5) is 14.5. The summed E-state index contributed by atoms with van der Waals surface area (Å²) in [5.74, 6) is 0. The Balaban J connectivity index is 2.90. The highest BCUT2D eigenvalue weighted by atomic mass is 35.5. The SMILES string of the molecule is O=c1ncccn1C/C(Cl)=C\Cl. The Kier molecular flexibility index (Phi) is 3.31. The van der Waals surface area contributed by atoms with Crippen molar-refractivity contribution in [1.82, 2.24) is 9.55 Å². The van der Waals surface area contributed by atoms with Gasteiger partial charge in [0.2, 0.25) is 0 Å². The fourth-order valence-electron chi connectivity index (χ4n) is 0.705. The van der Waals surface area contributed by atoms with E-state index >= 15 is 0 Å². The van der Waals surface area contributed by atoms with Crippen LogP contribution in [0.15, 0.2) is 33.8 Å². The molecule has 5 heteroatoms. The second-order valence-electron chi connectivity index (χ2n) is 2.09. The molecule has 1 heterocycles. The number of aromatic nitrogens is 2. The van der Waals surface area contributed by atoms with Crippen LogP contribution >= 0.6 is 23.2 Å². The quantitative estimate of drug-likeness (QED) is 0.734. The molecule has 0 aliphatic rings. The summed E-state index contributed by atoms with van der Waals surface area (Å²) in [6.07, 6.45) is 3.02. The molecule has 0 radical (unpaired) electrons. The Bertz CT molecular complexity index is 345. The van der Waals surface area contributed by atoms with Crippen molar-refractivity contribution >= 4 is 23.2 Å². The molecule has 0 saturated heterocycles. The standard InChI is InChI=1S/C7H6Cl2N2O/c8-4-6(9)5-11-3-1-2-10-7(11)12/h1-4H,5H2/b6-4+. The molecule has 0 spiro atoms. The maximum absolute atomic E-state index is 11.0. The number of hydrogen-bond acceptors (Lipinski definition) is 2. The van der Waals surface area contributed by atoms with E-state index in [0.29, 0.717) is 5.03 Å². The zero-order chi connectivity index (χ0) is 8.97. The average Bonchev–Trinajstić information content (AvgIpc) is 2.09. The molecule has 0 N–H and O–H groups in total. The molecule has 0 saturated carbocycles. The highest BCUT2D eigenvalue weighted by Crippen LogP contribution is 2.04. The molecular formula is C7H6Cl2N2O. The lowest BCUT2D eigenvalue weighted by atomic mass is 10.5. The number of halogens is 2. The lowest BCUT2D eigenvalue weighted by Crippen LogP contribution is -2.21. The van der Waals surface area contributed by atoms with Crippen LogP contribution in [0.1, 0.15) is 0 Å². The van der Waals surface area contributed by atoms with Gasteiger partial charge in [0, 0.05) is 23.0 Å². The number of hydrogen-bond donors (Lipinski definition) is 0. The van der Waals surface area contributed by atoms with Crippen molar-refractivity contribution in [3.63, 3.8) is 0 Å². The fourth-order valence-corrected chi connectivity index (χ4v) is 0.902. The van der Waals surface area contributed by atoms with E-state index in [9.17, 15) is 4.79 Å². The van der Waals surface area contributed by atoms with Crippen LogP contribution in [0, 0.1) is 0 Å². The van der Waals surface area contributed by atoms with Gasteiger partial charge in [-0.1, -0.05) is 23.2 Å². The van der Waals surface area contributed by atoms with Gasteiger partial charge in [0.15, 0.2) is 0 Å². The van der Waals surface area contributed by atoms with Crippen LogP contribution in [-0.2, 0) is 6.54 Å². The van der Waals surface area contributed by atoms with Crippen molar-refractivity contribution in [3.8, 4) is 0 Å². The summed E-state index contributed by atoms with van der Waals surface area (Å²) in [5.41, 5.74) is 0.884. The topological polar surface area (TPSA) is 34.9 Å². The Hall–Kier alpha value is -0.800. The van der Waals surface area contributed by atoms with E-state index in [1.807, 2.05) is 0 Å². The fraction of sp³-hybridized carbons (Fsp3) is 0.143. The summed E-state index contributed by atoms with van der Waals surface area (Å²) < 4.78 is 1.36. The molecule has 1 rings (SSSR count). The minimum absolute atomic E-state index is 0.262. The van der Waals surface area contributed by atoms with E-state index in [2.05, 4.69) is 4.98 Å². The molecule has 1 aromatic heterocycles. The second-order valence-corrected chi connectivity index (χ2v) is 2.79. The van der Waals surface area contributed by atoms with Crippen molar-refractivity contribution in [1.29, 1.82) is 0 Å². The van der Waals surface area contributed by atoms with Gasteiger partial charge in [-0.05, 0) is 6.07 Å². The molecule has 0 atom stereocenters. The maximum atomic E-state index is 11.0. The third-order valence-electron chi connectivity index (χ3n) is 1.22. The molecule has 0 fully saturated rings. The molecule has 1 aromatic rings. The molecule has 12 heavy (non-hydrogen) atoms. The average molecular weight is 205 g/mol. The largest absolute Gasteiger partial charge is 0.347 e. The summed E-state index contributed by atoms with van der Waals surface area (Å²) in [6, 6.07) is 1.65. The lowest BCUT2D eigenvalue weighted by molar-refractivity contribution is 0.736. The first-order valence-corrected chi connectivity index (χ1v) is 4.01. The first kappa shape index (κ1) is 9.29. The van der Waals surface area contributed by atoms with Gasteiger partial charge in [0.05, 0.1) is 6.54 Å². The molecule has 0 amide bonds. The molecule has 64 valence electrons. The van der Waals surface area contributed by atoms with E-state index in [4.69, 9.17) is 23.2 Å². The maximum Gasteiger partial charge on any atom is 0.347 e. The van der Waals surface area contributed by atoms with E-state index in [1.165, 1.54) is 16.3 Å². The van der Waals surface area contributed by atoms with E-state index < -0.39 is 0 Å². The van der Waals surface area contributed by atoms with Crippen LogP contribution < -0.4 is 5.69 Å². The van der Waals surface area contributed by atoms with Crippen LogP contribution in [0.25, 0.3) is 0 Å². The summed E-state index contributed by atoms with van der Waals surface area (Å²) in [6.45, 7) is 0.262. The predicted octanol–water partition coefficient (Wildman–Crippen LogP) is 1.56. The third kappa shape index (κ3) is 2.36. The Morgan fingerprint density at radius 3 is 3.08 bits per heavy atom. The number of rotatable bonds is 2. The van der Waals surface area contributed by atoms with Gasteiger partial charge in [0.1, 0.15) is 0 Å². The van der Waals surface area contributed by atoms with Gasteiger partial charge < -0.3 is 0 Å². The minimum atomic E-state index is -0.339. The summed E-state index contributed by atoms with van der Waals surface area (Å²) >= 11 is 10.9. The highest BCUT2D eigenvalue weighted by Gasteiger charge is 1.96. The van der Waals surface area contributed by atoms with Crippen molar-refractivity contribution < 1.29 is 0 Å². The van der Waals surface area contributed by atoms with Crippen LogP contribution in [0.2, 0.25) is 0 Å². The van der Waals surface area contributed by atoms with Gasteiger partial charge in [-0.25, -0.2) is 9.78 Å². The molecule has 0 aliphatic carbocycles. The van der Waals surface area contributed by atoms with Gasteiger partial charge in [-0.2, -0.15) is 0 Å². The third-order valence-corrected chi connectivity index (χ3v) is 1.83. The molecule has 3 nitrogen and oxygen atoms in total. The Morgan fingerprint density at radius 1 is 1.75 bits per heavy atom. The van der Waals surface area contributed by atoms with Crippen molar-refractivity contribution in [2.75, 3.05) is 0 Å². The van der Waals surface area contributed by atoms with Crippen molar-refractivity contribution in [2.24, 2.45) is 0 Å². The van der Waals surface area contributed by atoms with E-state index in [0.717, 1.165) is 0 Å². The first-order chi connectivity index (χ1) is 5.74. The summed E-state index contributed by atoms with van der Waals surface area (Å²) in [7, 11) is 0. The zero-order valence-electron chi connectivity index (χ0n) is 6.08. The van der Waals surface area contributed by atoms with Crippen LogP contribution in [0.4, 0.5) is 0 Å². The molecule has 0 unspecified atom stereocenters. The Morgan fingerprint density at radius 2 is 2.50 bits per heavy atom. The highest BCUT2D eigenvalue weighted by molar-refractivity contribution is 6.36. The van der Waals surface area contributed by atoms with Crippen molar-refractivity contribution in [2.45, 2.75) is 6.54 Å². The monoisotopic (exact) mass is 204 g/mol. The van der Waals surface area contributed by atoms with Crippen LogP contribution in [-0.4, -0.2) is 9.55 Å². The minimum Gasteiger partial charge on any atom is -0.294 e. The van der Waals surface area contributed by atoms with Gasteiger partial charge in [-0.15, -0.1) is 0 Å². The van der Waals surface area contributed by atoms with Gasteiger partial charge in [0.25, 0.3) is 0 Å². The van der Waals surface area contributed by atoms with E-state index in [-0.39, 0.29) is 12.2 Å². The molecule has 0 aliphatic heterocycles. The van der Waals surface area contributed by atoms with Crippen LogP contribution in [0.5, 0.6) is 0 Å². The predicted molar refractivity (Wildman–Crippen MR) is 48.3 cm³/mol. The normalized spacial score (nSPS) is 11.7. The lowest BCUT2D eigenvalue weighted by Gasteiger charge is -2.00. The second kappa shape index (κ2) is 4.28. The smallest absolute Gasteiger partial charge is 0.294 e. The number of allylic oxidation sites excluding steroid dienone is 1.